The number of hydrogen-bond acceptors (Lipinski definition) is 6. The van der Waals surface area contributed by atoms with Crippen molar-refractivity contribution in [3.05, 3.63) is 58.1 Å². The Morgan fingerprint density at radius 2 is 1.91 bits per heavy atom. The van der Waals surface area contributed by atoms with Gasteiger partial charge in [0.05, 0.1) is 4.92 Å². The maximum atomic E-state index is 12.7. The first-order valence-corrected chi connectivity index (χ1v) is 7.66. The molecule has 9 heteroatoms. The molecule has 0 saturated heterocycles. The third kappa shape index (κ3) is 2.11. The zero-order valence-electron chi connectivity index (χ0n) is 11.4. The van der Waals surface area contributed by atoms with E-state index in [-0.39, 0.29) is 5.52 Å². The van der Waals surface area contributed by atoms with E-state index in [2.05, 4.69) is 10.3 Å². The quantitative estimate of drug-likeness (QED) is 0.539. The lowest BCUT2D eigenvalue weighted by Crippen LogP contribution is -2.16. The van der Waals surface area contributed by atoms with Gasteiger partial charge in [0.15, 0.2) is 4.90 Å². The summed E-state index contributed by atoms with van der Waals surface area (Å²) in [5.41, 5.74) is 1.08. The second-order valence-electron chi connectivity index (χ2n) is 4.65. The molecule has 0 bridgehead atoms. The number of benzene rings is 2. The Morgan fingerprint density at radius 1 is 1.18 bits per heavy atom. The fourth-order valence-corrected chi connectivity index (χ4v) is 3.50. The third-order valence-electron chi connectivity index (χ3n) is 3.14. The molecule has 1 heterocycles. The minimum atomic E-state index is -4.21. The largest absolute Gasteiger partial charge is 0.291 e. The number of para-hydroxylation sites is 1. The van der Waals surface area contributed by atoms with Gasteiger partial charge in [0.1, 0.15) is 11.0 Å². The fourth-order valence-electron chi connectivity index (χ4n) is 2.11. The van der Waals surface area contributed by atoms with E-state index >= 15 is 0 Å². The highest BCUT2D eigenvalue weighted by molar-refractivity contribution is 7.90. The molecular weight excluding hydrogens is 308 g/mol. The molecule has 0 amide bonds. The zero-order chi connectivity index (χ0) is 15.9. The Kier molecular flexibility index (Phi) is 3.14. The van der Waals surface area contributed by atoms with Gasteiger partial charge in [-0.05, 0) is 30.7 Å². The van der Waals surface area contributed by atoms with Gasteiger partial charge in [-0.25, -0.2) is 0 Å². The van der Waals surface area contributed by atoms with Crippen LogP contribution in [-0.2, 0) is 10.0 Å². The minimum absolute atomic E-state index is 0.267. The van der Waals surface area contributed by atoms with Gasteiger partial charge in [0.25, 0.3) is 15.7 Å². The number of nitrogens with zero attached hydrogens (tertiary/aromatic N) is 4. The number of rotatable bonds is 3. The van der Waals surface area contributed by atoms with Gasteiger partial charge in [0, 0.05) is 6.07 Å². The van der Waals surface area contributed by atoms with Gasteiger partial charge < -0.3 is 0 Å². The Morgan fingerprint density at radius 3 is 2.64 bits per heavy atom. The molecule has 22 heavy (non-hydrogen) atoms. The van der Waals surface area contributed by atoms with E-state index < -0.39 is 25.5 Å². The van der Waals surface area contributed by atoms with Crippen LogP contribution in [0.3, 0.4) is 0 Å². The molecule has 0 atom stereocenters. The van der Waals surface area contributed by atoms with Crippen LogP contribution in [0.4, 0.5) is 5.69 Å². The van der Waals surface area contributed by atoms with Crippen molar-refractivity contribution in [1.29, 1.82) is 0 Å². The first kappa shape index (κ1) is 14.1. The summed E-state index contributed by atoms with van der Waals surface area (Å²) in [5, 5.41) is 18.5. The molecule has 1 aromatic heterocycles. The summed E-state index contributed by atoms with van der Waals surface area (Å²) < 4.78 is 26.1. The summed E-state index contributed by atoms with van der Waals surface area (Å²) in [6, 6.07) is 10.1. The molecule has 8 nitrogen and oxygen atoms in total. The van der Waals surface area contributed by atoms with E-state index in [1.807, 2.05) is 6.92 Å². The molecule has 112 valence electrons. The molecule has 0 N–H and O–H groups in total. The number of hydrogen-bond donors (Lipinski definition) is 0. The monoisotopic (exact) mass is 318 g/mol. The van der Waals surface area contributed by atoms with E-state index in [9.17, 15) is 18.5 Å². The first-order valence-electron chi connectivity index (χ1n) is 6.22. The SMILES string of the molecule is Cc1ccc2c(c1)nnn2S(=O)(=O)c1ccccc1[N+](=O)[O-]. The third-order valence-corrected chi connectivity index (χ3v) is 4.76. The van der Waals surface area contributed by atoms with Crippen molar-refractivity contribution in [1.82, 2.24) is 14.4 Å². The maximum absolute atomic E-state index is 12.7. The van der Waals surface area contributed by atoms with E-state index in [0.717, 1.165) is 11.6 Å². The van der Waals surface area contributed by atoms with Gasteiger partial charge in [-0.15, -0.1) is 9.19 Å². The van der Waals surface area contributed by atoms with Crippen LogP contribution in [0.15, 0.2) is 47.4 Å². The predicted octanol–water partition coefficient (Wildman–Crippen LogP) is 1.88. The lowest BCUT2D eigenvalue weighted by atomic mass is 10.2. The fraction of sp³-hybridized carbons (Fsp3) is 0.0769. The normalized spacial score (nSPS) is 11.7. The lowest BCUT2D eigenvalue weighted by Gasteiger charge is -2.05. The Labute approximate surface area is 125 Å². The van der Waals surface area contributed by atoms with Crippen LogP contribution in [-0.4, -0.2) is 27.7 Å². The van der Waals surface area contributed by atoms with Crippen LogP contribution in [0, 0.1) is 17.0 Å². The lowest BCUT2D eigenvalue weighted by molar-refractivity contribution is -0.387. The number of fused-ring (bicyclic) bond motifs is 1. The summed E-state index contributed by atoms with van der Waals surface area (Å²) in [4.78, 5) is 9.88. The molecule has 0 radical (unpaired) electrons. The highest BCUT2D eigenvalue weighted by atomic mass is 32.2. The topological polar surface area (TPSA) is 108 Å². The van der Waals surface area contributed by atoms with Crippen molar-refractivity contribution in [2.75, 3.05) is 0 Å². The Balaban J connectivity index is 2.28. The van der Waals surface area contributed by atoms with E-state index in [1.54, 1.807) is 18.2 Å². The predicted molar refractivity (Wildman–Crippen MR) is 77.9 cm³/mol. The van der Waals surface area contributed by atoms with Crippen molar-refractivity contribution < 1.29 is 13.3 Å². The van der Waals surface area contributed by atoms with Crippen LogP contribution in [0.1, 0.15) is 5.56 Å². The summed E-state index contributed by atoms with van der Waals surface area (Å²) in [7, 11) is -4.21. The van der Waals surface area contributed by atoms with Crippen LogP contribution in [0.5, 0.6) is 0 Å². The highest BCUT2D eigenvalue weighted by Crippen LogP contribution is 2.26. The minimum Gasteiger partial charge on any atom is -0.258 e. The maximum Gasteiger partial charge on any atom is 0.291 e. The van der Waals surface area contributed by atoms with Crippen LogP contribution >= 0.6 is 0 Å². The molecule has 0 aliphatic carbocycles. The van der Waals surface area contributed by atoms with E-state index in [4.69, 9.17) is 0 Å². The zero-order valence-corrected chi connectivity index (χ0v) is 12.2. The molecule has 0 fully saturated rings. The molecule has 0 spiro atoms. The molecule has 0 unspecified atom stereocenters. The molecule has 0 saturated carbocycles. The van der Waals surface area contributed by atoms with Crippen molar-refractivity contribution >= 4 is 26.7 Å². The average molecular weight is 318 g/mol. The van der Waals surface area contributed by atoms with E-state index in [1.165, 1.54) is 18.2 Å². The van der Waals surface area contributed by atoms with Crippen molar-refractivity contribution in [3.63, 3.8) is 0 Å². The number of nitro groups is 1. The summed E-state index contributed by atoms with van der Waals surface area (Å²) in [6.45, 7) is 1.84. The average Bonchev–Trinajstić information content (AvgIpc) is 2.90. The molecule has 0 aliphatic heterocycles. The smallest absolute Gasteiger partial charge is 0.258 e. The van der Waals surface area contributed by atoms with Gasteiger partial charge in [-0.2, -0.15) is 8.42 Å². The second-order valence-corrected chi connectivity index (χ2v) is 6.39. The second kappa shape index (κ2) is 4.88. The van der Waals surface area contributed by atoms with Gasteiger partial charge >= 0.3 is 0 Å². The molecule has 3 rings (SSSR count). The Bertz CT molecular complexity index is 994. The summed E-state index contributed by atoms with van der Waals surface area (Å²) in [6.07, 6.45) is 0. The van der Waals surface area contributed by atoms with Crippen LogP contribution in [0.2, 0.25) is 0 Å². The van der Waals surface area contributed by atoms with Crippen LogP contribution in [0.25, 0.3) is 11.0 Å². The molecule has 2 aromatic carbocycles. The van der Waals surface area contributed by atoms with Crippen molar-refractivity contribution in [2.24, 2.45) is 0 Å². The van der Waals surface area contributed by atoms with Crippen molar-refractivity contribution in [2.45, 2.75) is 11.8 Å². The van der Waals surface area contributed by atoms with Crippen LogP contribution < -0.4 is 0 Å². The first-order chi connectivity index (χ1) is 10.4. The molecular formula is C13H10N4O4S. The van der Waals surface area contributed by atoms with E-state index in [0.29, 0.717) is 9.60 Å². The number of aryl methyl sites for hydroxylation is 1. The highest BCUT2D eigenvalue weighted by Gasteiger charge is 2.29. The van der Waals surface area contributed by atoms with Gasteiger partial charge in [-0.3, -0.25) is 10.1 Å². The number of aromatic nitrogens is 3. The standard InChI is InChI=1S/C13H10N4O4S/c1-9-6-7-11-10(8-9)14-15-16(11)22(20,21)13-5-3-2-4-12(13)17(18)19/h2-8H,1H3. The Hall–Kier alpha value is -2.81. The van der Waals surface area contributed by atoms with Crippen molar-refractivity contribution in [3.8, 4) is 0 Å². The molecule has 3 aromatic rings. The summed E-state index contributed by atoms with van der Waals surface area (Å²) in [5.74, 6) is 0. The van der Waals surface area contributed by atoms with Gasteiger partial charge in [-0.1, -0.05) is 23.4 Å². The number of nitro benzene ring substituents is 1. The molecule has 0 aliphatic rings. The summed E-state index contributed by atoms with van der Waals surface area (Å²) >= 11 is 0. The van der Waals surface area contributed by atoms with Gasteiger partial charge in [0.2, 0.25) is 0 Å².